The highest BCUT2D eigenvalue weighted by Gasteiger charge is 2.14. The monoisotopic (exact) mass is 398 g/mol. The van der Waals surface area contributed by atoms with Crippen LogP contribution < -0.4 is 11.3 Å². The Bertz CT molecular complexity index is 1370. The summed E-state index contributed by atoms with van der Waals surface area (Å²) in [6.45, 7) is 0.190. The third-order valence-electron chi connectivity index (χ3n) is 4.94. The lowest BCUT2D eigenvalue weighted by atomic mass is 9.99. The topological polar surface area (TPSA) is 134 Å². The third kappa shape index (κ3) is 3.34. The van der Waals surface area contributed by atoms with Crippen molar-refractivity contribution in [1.82, 2.24) is 20.0 Å². The number of nitrogens with zero attached hydrogens (tertiary/aromatic N) is 4. The Balaban J connectivity index is 1.88. The molecule has 0 fully saturated rings. The van der Waals surface area contributed by atoms with Gasteiger partial charge in [-0.15, -0.1) is 0 Å². The number of aryl methyl sites for hydroxylation is 1. The molecule has 0 saturated carbocycles. The molecular weight excluding hydrogens is 380 g/mol. The van der Waals surface area contributed by atoms with Gasteiger partial charge in [0.15, 0.2) is 0 Å². The van der Waals surface area contributed by atoms with Crippen LogP contribution in [-0.2, 0) is 13.6 Å². The normalized spacial score (nSPS) is 11.6. The maximum Gasteiger partial charge on any atom is 0.272 e. The molecule has 4 N–H and O–H groups in total. The first-order valence-electron chi connectivity index (χ1n) is 9.16. The van der Waals surface area contributed by atoms with Gasteiger partial charge in [0.1, 0.15) is 5.75 Å². The van der Waals surface area contributed by atoms with Crippen LogP contribution in [0.2, 0.25) is 0 Å². The van der Waals surface area contributed by atoms with Crippen LogP contribution in [0.25, 0.3) is 33.5 Å². The van der Waals surface area contributed by atoms with Gasteiger partial charge in [0.2, 0.25) is 0 Å². The van der Waals surface area contributed by atoms with Crippen LogP contribution in [-0.4, -0.2) is 25.1 Å². The van der Waals surface area contributed by atoms with E-state index >= 15 is 0 Å². The minimum absolute atomic E-state index is 0.132. The highest BCUT2D eigenvalue weighted by atomic mass is 16.3. The zero-order valence-electron chi connectivity index (χ0n) is 16.1. The van der Waals surface area contributed by atoms with E-state index in [0.29, 0.717) is 27.6 Å². The van der Waals surface area contributed by atoms with Gasteiger partial charge in [-0.05, 0) is 53.6 Å². The molecule has 0 unspecified atom stereocenters. The molecule has 0 aliphatic rings. The fourth-order valence-electron chi connectivity index (χ4n) is 3.34. The molecule has 8 nitrogen and oxygen atoms in total. The van der Waals surface area contributed by atoms with Crippen molar-refractivity contribution >= 4 is 22.4 Å². The number of hydrogen-bond acceptors (Lipinski definition) is 6. The highest BCUT2D eigenvalue weighted by molar-refractivity contribution is 5.94. The van der Waals surface area contributed by atoms with Crippen LogP contribution in [0.1, 0.15) is 17.0 Å². The first-order chi connectivity index (χ1) is 14.5. The Morgan fingerprint density at radius 2 is 2.03 bits per heavy atom. The van der Waals surface area contributed by atoms with Gasteiger partial charge >= 0.3 is 0 Å². The Hall–Kier alpha value is -4.22. The smallest absolute Gasteiger partial charge is 0.272 e. The number of H-pyrrole nitrogens is 1. The molecule has 0 saturated heterocycles. The number of hydrogen-bond donors (Lipinski definition) is 3. The summed E-state index contributed by atoms with van der Waals surface area (Å²) in [5.74, 6) is 0.132. The van der Waals surface area contributed by atoms with Crippen molar-refractivity contribution in [3.63, 3.8) is 0 Å². The van der Waals surface area contributed by atoms with Gasteiger partial charge in [0, 0.05) is 24.5 Å². The van der Waals surface area contributed by atoms with E-state index in [9.17, 15) is 15.2 Å². The highest BCUT2D eigenvalue weighted by Crippen LogP contribution is 2.30. The first kappa shape index (κ1) is 19.1. The molecule has 0 radical (unpaired) electrons. The first-order valence-corrected chi connectivity index (χ1v) is 9.16. The summed E-state index contributed by atoms with van der Waals surface area (Å²) in [5.41, 5.74) is 9.56. The van der Waals surface area contributed by atoms with Crippen molar-refractivity contribution in [2.75, 3.05) is 0 Å². The number of fused-ring (bicyclic) bond motifs is 1. The predicted molar refractivity (Wildman–Crippen MR) is 114 cm³/mol. The largest absolute Gasteiger partial charge is 0.508 e. The lowest BCUT2D eigenvalue weighted by Gasteiger charge is -2.07. The molecule has 0 bridgehead atoms. The molecule has 2 aromatic heterocycles. The number of nitrogens with one attached hydrogen (secondary N) is 1. The number of allylic oxidation sites excluding steroid dienone is 1. The van der Waals surface area contributed by atoms with Crippen molar-refractivity contribution in [2.45, 2.75) is 6.54 Å². The second-order valence-corrected chi connectivity index (χ2v) is 6.75. The van der Waals surface area contributed by atoms with Crippen molar-refractivity contribution in [3.8, 4) is 22.9 Å². The fourth-order valence-corrected chi connectivity index (χ4v) is 3.34. The zero-order chi connectivity index (χ0) is 21.3. The minimum Gasteiger partial charge on any atom is -0.508 e. The molecule has 0 amide bonds. The molecule has 0 atom stereocenters. The maximum atomic E-state index is 12.1. The summed E-state index contributed by atoms with van der Waals surface area (Å²) >= 11 is 0. The van der Waals surface area contributed by atoms with Gasteiger partial charge in [0.25, 0.3) is 5.56 Å². The van der Waals surface area contributed by atoms with E-state index in [1.54, 1.807) is 42.2 Å². The number of nitrogens with two attached hydrogens (primary N) is 1. The molecule has 0 aliphatic heterocycles. The predicted octanol–water partition coefficient (Wildman–Crippen LogP) is 2.55. The third-order valence-corrected chi connectivity index (χ3v) is 4.94. The second-order valence-electron chi connectivity index (χ2n) is 6.75. The van der Waals surface area contributed by atoms with Crippen molar-refractivity contribution in [2.24, 2.45) is 12.8 Å². The van der Waals surface area contributed by atoms with Crippen LogP contribution in [0.4, 0.5) is 0 Å². The SMILES string of the molecule is Cn1ncc(-c2ccc3c(=O)[nH]nc(CN)c3c2)c1/C=C(\C#N)c1ccc(O)cc1. The molecule has 0 spiro atoms. The minimum atomic E-state index is -0.279. The molecule has 4 aromatic rings. The van der Waals surface area contributed by atoms with Gasteiger partial charge < -0.3 is 10.8 Å². The van der Waals surface area contributed by atoms with Crippen molar-refractivity contribution < 1.29 is 5.11 Å². The van der Waals surface area contributed by atoms with Crippen LogP contribution in [0, 0.1) is 11.3 Å². The molecule has 0 aliphatic carbocycles. The number of aromatic nitrogens is 4. The molecule has 30 heavy (non-hydrogen) atoms. The van der Waals surface area contributed by atoms with E-state index in [2.05, 4.69) is 21.4 Å². The average Bonchev–Trinajstić information content (AvgIpc) is 3.13. The second kappa shape index (κ2) is 7.66. The standard InChI is InChI=1S/C22H18N6O2/c1-28-21(9-15(10-23)13-2-5-16(29)6-3-13)19(12-25-28)14-4-7-17-18(8-14)20(11-24)26-27-22(17)30/h2-9,12,29H,11,24H2,1H3,(H,27,30)/b15-9+. The van der Waals surface area contributed by atoms with Crippen LogP contribution in [0.3, 0.4) is 0 Å². The van der Waals surface area contributed by atoms with Gasteiger partial charge in [0.05, 0.1) is 34.6 Å². The van der Waals surface area contributed by atoms with Crippen molar-refractivity contribution in [3.05, 3.63) is 76.0 Å². The Labute approximate surface area is 171 Å². The number of nitriles is 1. The van der Waals surface area contributed by atoms with E-state index in [4.69, 9.17) is 5.73 Å². The van der Waals surface area contributed by atoms with Gasteiger partial charge in [-0.2, -0.15) is 15.5 Å². The fraction of sp³-hybridized carbons (Fsp3) is 0.0909. The molecule has 2 heterocycles. The average molecular weight is 398 g/mol. The Morgan fingerprint density at radius 1 is 1.27 bits per heavy atom. The Morgan fingerprint density at radius 3 is 2.73 bits per heavy atom. The van der Waals surface area contributed by atoms with E-state index in [1.165, 1.54) is 12.1 Å². The van der Waals surface area contributed by atoms with E-state index in [-0.39, 0.29) is 17.9 Å². The van der Waals surface area contributed by atoms with E-state index in [0.717, 1.165) is 16.8 Å². The number of aromatic hydroxyl groups is 1. The summed E-state index contributed by atoms with van der Waals surface area (Å²) in [5, 5.41) is 31.2. The summed E-state index contributed by atoms with van der Waals surface area (Å²) in [6.07, 6.45) is 3.46. The molecule has 2 aromatic carbocycles. The zero-order valence-corrected chi connectivity index (χ0v) is 16.1. The van der Waals surface area contributed by atoms with E-state index in [1.807, 2.05) is 12.1 Å². The Kier molecular flexibility index (Phi) is 4.88. The summed E-state index contributed by atoms with van der Waals surface area (Å²) in [7, 11) is 1.79. The van der Waals surface area contributed by atoms with Gasteiger partial charge in [-0.3, -0.25) is 9.48 Å². The van der Waals surface area contributed by atoms with Crippen LogP contribution >= 0.6 is 0 Å². The van der Waals surface area contributed by atoms with Gasteiger partial charge in [-0.25, -0.2) is 5.10 Å². The lowest BCUT2D eigenvalue weighted by Crippen LogP contribution is -2.13. The van der Waals surface area contributed by atoms with E-state index < -0.39 is 0 Å². The molecular formula is C22H18N6O2. The molecule has 4 rings (SSSR count). The number of rotatable bonds is 4. The number of aromatic amines is 1. The number of phenolic OH excluding ortho intramolecular Hbond substituents is 1. The summed E-state index contributed by atoms with van der Waals surface area (Å²) in [6, 6.07) is 14.1. The molecule has 8 heteroatoms. The number of benzene rings is 2. The quantitative estimate of drug-likeness (QED) is 0.452. The van der Waals surface area contributed by atoms with Gasteiger partial charge in [-0.1, -0.05) is 6.07 Å². The summed E-state index contributed by atoms with van der Waals surface area (Å²) < 4.78 is 1.68. The lowest BCUT2D eigenvalue weighted by molar-refractivity contribution is 0.475. The van der Waals surface area contributed by atoms with Crippen LogP contribution in [0.5, 0.6) is 5.75 Å². The number of phenols is 1. The maximum absolute atomic E-state index is 12.1. The molecule has 148 valence electrons. The summed E-state index contributed by atoms with van der Waals surface area (Å²) in [4.78, 5) is 12.1. The van der Waals surface area contributed by atoms with Crippen molar-refractivity contribution in [1.29, 1.82) is 5.26 Å². The van der Waals surface area contributed by atoms with Crippen LogP contribution in [0.15, 0.2) is 53.5 Å².